The fourth-order valence-electron chi connectivity index (χ4n) is 4.08. The second-order valence-electron chi connectivity index (χ2n) is 9.40. The first-order valence-corrected chi connectivity index (χ1v) is 15.2. The topological polar surface area (TPSA) is 86.8 Å². The number of para-hydroxylation sites is 1. The molecule has 3 rings (SSSR count). The highest BCUT2D eigenvalue weighted by molar-refractivity contribution is 7.92. The van der Waals surface area contributed by atoms with E-state index in [4.69, 9.17) is 23.2 Å². The Morgan fingerprint density at radius 1 is 0.923 bits per heavy atom. The van der Waals surface area contributed by atoms with Crippen molar-refractivity contribution in [3.05, 3.63) is 100 Å². The molecule has 7 nitrogen and oxygen atoms in total. The molecule has 0 spiro atoms. The summed E-state index contributed by atoms with van der Waals surface area (Å²) in [6.07, 6.45) is 1.96. The summed E-state index contributed by atoms with van der Waals surface area (Å²) < 4.78 is 26.6. The number of hydrogen-bond donors (Lipinski definition) is 1. The molecule has 0 saturated carbocycles. The Hall–Kier alpha value is -3.07. The van der Waals surface area contributed by atoms with Gasteiger partial charge in [-0.05, 0) is 48.7 Å². The molecule has 3 aromatic rings. The average molecular weight is 591 g/mol. The van der Waals surface area contributed by atoms with Gasteiger partial charge < -0.3 is 10.2 Å². The van der Waals surface area contributed by atoms with Crippen molar-refractivity contribution in [3.63, 3.8) is 0 Å². The summed E-state index contributed by atoms with van der Waals surface area (Å²) in [5.41, 5.74) is 1.74. The molecule has 0 radical (unpaired) electrons. The van der Waals surface area contributed by atoms with Gasteiger partial charge in [-0.25, -0.2) is 8.42 Å². The van der Waals surface area contributed by atoms with E-state index in [-0.39, 0.29) is 35.6 Å². The second kappa shape index (κ2) is 13.8. The van der Waals surface area contributed by atoms with Crippen molar-refractivity contribution in [3.8, 4) is 0 Å². The van der Waals surface area contributed by atoms with Crippen molar-refractivity contribution < 1.29 is 18.0 Å². The van der Waals surface area contributed by atoms with Crippen LogP contribution in [-0.2, 0) is 32.6 Å². The third-order valence-electron chi connectivity index (χ3n) is 6.31. The molecule has 39 heavy (non-hydrogen) atoms. The number of carbonyl (C=O) groups is 2. The first kappa shape index (κ1) is 30.5. The van der Waals surface area contributed by atoms with Crippen molar-refractivity contribution in [1.29, 1.82) is 0 Å². The number of sulfonamides is 1. The van der Waals surface area contributed by atoms with E-state index >= 15 is 0 Å². The minimum Gasteiger partial charge on any atom is -0.352 e. The third-order valence-corrected chi connectivity index (χ3v) is 8.00. The first-order chi connectivity index (χ1) is 18.5. The highest BCUT2D eigenvalue weighted by atomic mass is 35.5. The largest absolute Gasteiger partial charge is 0.352 e. The number of benzene rings is 3. The number of amides is 2. The molecular formula is C29H33Cl2N3O4S. The molecule has 2 atom stereocenters. The van der Waals surface area contributed by atoms with E-state index in [1.165, 1.54) is 11.0 Å². The highest BCUT2D eigenvalue weighted by Gasteiger charge is 2.33. The van der Waals surface area contributed by atoms with Crippen LogP contribution >= 0.6 is 23.2 Å². The average Bonchev–Trinajstić information content (AvgIpc) is 2.89. The van der Waals surface area contributed by atoms with Gasteiger partial charge >= 0.3 is 0 Å². The van der Waals surface area contributed by atoms with Crippen LogP contribution in [-0.4, -0.2) is 50.0 Å². The highest BCUT2D eigenvalue weighted by Crippen LogP contribution is 2.28. The summed E-state index contributed by atoms with van der Waals surface area (Å²) in [6.45, 7) is 3.36. The number of hydrogen-bond acceptors (Lipinski definition) is 4. The van der Waals surface area contributed by atoms with Crippen LogP contribution in [0.1, 0.15) is 31.4 Å². The maximum Gasteiger partial charge on any atom is 0.244 e. The van der Waals surface area contributed by atoms with E-state index in [1.54, 1.807) is 42.5 Å². The Labute approximate surface area is 240 Å². The van der Waals surface area contributed by atoms with Crippen LogP contribution in [0.25, 0.3) is 0 Å². The van der Waals surface area contributed by atoms with Gasteiger partial charge in [0.25, 0.3) is 0 Å². The Morgan fingerprint density at radius 3 is 2.18 bits per heavy atom. The van der Waals surface area contributed by atoms with Crippen LogP contribution in [0.15, 0.2) is 78.9 Å². The predicted molar refractivity (Wildman–Crippen MR) is 157 cm³/mol. The summed E-state index contributed by atoms with van der Waals surface area (Å²) in [4.78, 5) is 29.1. The SMILES string of the molecule is CCC(C)NC(=O)C(Cc1ccccc1)N(Cc1cccc(Cl)c1)C(=O)CN(c1ccccc1Cl)S(C)(=O)=O. The van der Waals surface area contributed by atoms with Crippen LogP contribution in [0, 0.1) is 0 Å². The summed E-state index contributed by atoms with van der Waals surface area (Å²) in [5.74, 6) is -0.882. The smallest absolute Gasteiger partial charge is 0.244 e. The van der Waals surface area contributed by atoms with E-state index in [9.17, 15) is 18.0 Å². The molecule has 3 aromatic carbocycles. The van der Waals surface area contributed by atoms with Gasteiger partial charge in [0.1, 0.15) is 12.6 Å². The molecule has 1 N–H and O–H groups in total. The van der Waals surface area contributed by atoms with Gasteiger partial charge in [-0.3, -0.25) is 13.9 Å². The lowest BCUT2D eigenvalue weighted by molar-refractivity contribution is -0.140. The van der Waals surface area contributed by atoms with Gasteiger partial charge in [-0.2, -0.15) is 0 Å². The predicted octanol–water partition coefficient (Wildman–Crippen LogP) is 5.31. The van der Waals surface area contributed by atoms with Crippen LogP contribution in [0.5, 0.6) is 0 Å². The Kier molecular flexibility index (Phi) is 10.8. The number of carbonyl (C=O) groups excluding carboxylic acids is 2. The first-order valence-electron chi connectivity index (χ1n) is 12.6. The molecule has 0 aliphatic carbocycles. The van der Waals surface area contributed by atoms with Crippen LogP contribution in [0.4, 0.5) is 5.69 Å². The minimum atomic E-state index is -3.90. The minimum absolute atomic E-state index is 0.0466. The molecule has 2 amide bonds. The number of anilines is 1. The molecule has 0 aromatic heterocycles. The number of nitrogens with zero attached hydrogens (tertiary/aromatic N) is 2. The van der Waals surface area contributed by atoms with E-state index in [1.807, 2.05) is 44.2 Å². The summed E-state index contributed by atoms with van der Waals surface area (Å²) >= 11 is 12.5. The zero-order valence-corrected chi connectivity index (χ0v) is 24.5. The zero-order valence-electron chi connectivity index (χ0n) is 22.2. The number of nitrogens with one attached hydrogen (secondary N) is 1. The van der Waals surface area contributed by atoms with Crippen molar-refractivity contribution in [2.45, 2.75) is 45.3 Å². The zero-order chi connectivity index (χ0) is 28.6. The van der Waals surface area contributed by atoms with Crippen molar-refractivity contribution in [2.24, 2.45) is 0 Å². The molecule has 10 heteroatoms. The van der Waals surface area contributed by atoms with Crippen molar-refractivity contribution in [2.75, 3.05) is 17.1 Å². The fourth-order valence-corrected chi connectivity index (χ4v) is 5.44. The quantitative estimate of drug-likeness (QED) is 0.310. The van der Waals surface area contributed by atoms with Crippen molar-refractivity contribution in [1.82, 2.24) is 10.2 Å². The van der Waals surface area contributed by atoms with Gasteiger partial charge in [0, 0.05) is 24.0 Å². The fraction of sp³-hybridized carbons (Fsp3) is 0.310. The van der Waals surface area contributed by atoms with Crippen molar-refractivity contribution >= 4 is 50.7 Å². The lowest BCUT2D eigenvalue weighted by atomic mass is 10.0. The van der Waals surface area contributed by atoms with Crippen LogP contribution in [0.2, 0.25) is 10.0 Å². The van der Waals surface area contributed by atoms with E-state index in [0.717, 1.165) is 16.1 Å². The molecule has 0 aliphatic heterocycles. The van der Waals surface area contributed by atoms with Gasteiger partial charge in [-0.1, -0.05) is 84.7 Å². The Morgan fingerprint density at radius 2 is 1.56 bits per heavy atom. The number of rotatable bonds is 12. The third kappa shape index (κ3) is 8.71. The molecular weight excluding hydrogens is 557 g/mol. The lowest BCUT2D eigenvalue weighted by Crippen LogP contribution is -2.54. The lowest BCUT2D eigenvalue weighted by Gasteiger charge is -2.34. The van der Waals surface area contributed by atoms with Gasteiger partial charge in [0.05, 0.1) is 17.0 Å². The maximum absolute atomic E-state index is 14.0. The van der Waals surface area contributed by atoms with E-state index < -0.39 is 28.5 Å². The normalized spacial score (nSPS) is 12.8. The molecule has 0 heterocycles. The van der Waals surface area contributed by atoms with E-state index in [2.05, 4.69) is 5.32 Å². The molecule has 0 saturated heterocycles. The van der Waals surface area contributed by atoms with Gasteiger partial charge in [0.15, 0.2) is 0 Å². The molecule has 208 valence electrons. The van der Waals surface area contributed by atoms with Crippen LogP contribution < -0.4 is 9.62 Å². The second-order valence-corrected chi connectivity index (χ2v) is 12.1. The number of halogens is 2. The standard InChI is InChI=1S/C29H33Cl2N3O4S/c1-4-21(2)32-29(36)27(18-22-11-6-5-7-12-22)33(19-23-13-10-14-24(30)17-23)28(35)20-34(39(3,37)38)26-16-9-8-15-25(26)31/h5-17,21,27H,4,18-20H2,1-3H3,(H,32,36). The summed E-state index contributed by atoms with van der Waals surface area (Å²) in [6, 6.07) is 21.8. The summed E-state index contributed by atoms with van der Waals surface area (Å²) in [7, 11) is -3.90. The molecule has 2 unspecified atom stereocenters. The molecule has 0 aliphatic rings. The van der Waals surface area contributed by atoms with Gasteiger partial charge in [-0.15, -0.1) is 0 Å². The Balaban J connectivity index is 2.07. The van der Waals surface area contributed by atoms with Crippen LogP contribution in [0.3, 0.4) is 0 Å². The monoisotopic (exact) mass is 589 g/mol. The Bertz CT molecular complexity index is 1390. The van der Waals surface area contributed by atoms with E-state index in [0.29, 0.717) is 17.0 Å². The maximum atomic E-state index is 14.0. The van der Waals surface area contributed by atoms with Gasteiger partial charge in [0.2, 0.25) is 21.8 Å². The molecule has 0 bridgehead atoms. The summed E-state index contributed by atoms with van der Waals surface area (Å²) in [5, 5.41) is 3.67. The molecule has 0 fully saturated rings.